The lowest BCUT2D eigenvalue weighted by molar-refractivity contribution is -0.127. The highest BCUT2D eigenvalue weighted by Crippen LogP contribution is 2.15. The zero-order valence-corrected chi connectivity index (χ0v) is 15.6. The predicted molar refractivity (Wildman–Crippen MR) is 102 cm³/mol. The SMILES string of the molecule is CCNC(=NCc1cccnc1N(C)C)NCCCN1CCCC1=O. The summed E-state index contributed by atoms with van der Waals surface area (Å²) in [5.41, 5.74) is 1.09. The van der Waals surface area contributed by atoms with Gasteiger partial charge in [0.1, 0.15) is 5.82 Å². The summed E-state index contributed by atoms with van der Waals surface area (Å²) < 4.78 is 0. The van der Waals surface area contributed by atoms with Gasteiger partial charge < -0.3 is 20.4 Å². The first kappa shape index (κ1) is 19.0. The number of likely N-dealkylation sites (tertiary alicyclic amines) is 1. The van der Waals surface area contributed by atoms with Gasteiger partial charge in [0.05, 0.1) is 6.54 Å². The summed E-state index contributed by atoms with van der Waals surface area (Å²) in [6.07, 6.45) is 4.42. The molecule has 25 heavy (non-hydrogen) atoms. The van der Waals surface area contributed by atoms with Crippen molar-refractivity contribution < 1.29 is 4.79 Å². The molecule has 138 valence electrons. The third kappa shape index (κ3) is 5.92. The minimum absolute atomic E-state index is 0.286. The van der Waals surface area contributed by atoms with Gasteiger partial charge in [-0.05, 0) is 25.8 Å². The maximum Gasteiger partial charge on any atom is 0.222 e. The van der Waals surface area contributed by atoms with Crippen molar-refractivity contribution in [2.24, 2.45) is 4.99 Å². The van der Waals surface area contributed by atoms with E-state index in [1.54, 1.807) is 6.20 Å². The lowest BCUT2D eigenvalue weighted by Crippen LogP contribution is -2.39. The molecule has 1 aromatic rings. The van der Waals surface area contributed by atoms with E-state index in [2.05, 4.69) is 27.5 Å². The molecule has 0 unspecified atom stereocenters. The average Bonchev–Trinajstić information content (AvgIpc) is 3.01. The number of carbonyl (C=O) groups is 1. The highest BCUT2D eigenvalue weighted by molar-refractivity contribution is 5.80. The Hall–Kier alpha value is -2.31. The van der Waals surface area contributed by atoms with Gasteiger partial charge in [0, 0.05) is 58.5 Å². The van der Waals surface area contributed by atoms with Crippen LogP contribution in [-0.2, 0) is 11.3 Å². The number of aliphatic imine (C=N–C) groups is 1. The smallest absolute Gasteiger partial charge is 0.222 e. The number of hydrogen-bond acceptors (Lipinski definition) is 4. The summed E-state index contributed by atoms with van der Waals surface area (Å²) in [7, 11) is 3.97. The molecule has 0 aromatic carbocycles. The van der Waals surface area contributed by atoms with E-state index in [0.717, 1.165) is 56.4 Å². The first-order valence-corrected chi connectivity index (χ1v) is 9.03. The molecule has 2 N–H and O–H groups in total. The van der Waals surface area contributed by atoms with Gasteiger partial charge >= 0.3 is 0 Å². The number of aromatic nitrogens is 1. The predicted octanol–water partition coefficient (Wildman–Crippen LogP) is 1.22. The molecule has 2 heterocycles. The number of anilines is 1. The van der Waals surface area contributed by atoms with Gasteiger partial charge in [-0.15, -0.1) is 0 Å². The Bertz CT molecular complexity index is 587. The Morgan fingerprint density at radius 2 is 2.24 bits per heavy atom. The van der Waals surface area contributed by atoms with Crippen LogP contribution in [-0.4, -0.2) is 62.0 Å². The Morgan fingerprint density at radius 1 is 1.40 bits per heavy atom. The van der Waals surface area contributed by atoms with Gasteiger partial charge in [0.2, 0.25) is 5.91 Å². The van der Waals surface area contributed by atoms with E-state index in [0.29, 0.717) is 13.0 Å². The van der Waals surface area contributed by atoms with E-state index in [9.17, 15) is 4.79 Å². The lowest BCUT2D eigenvalue weighted by atomic mass is 10.2. The van der Waals surface area contributed by atoms with Crippen LogP contribution < -0.4 is 15.5 Å². The van der Waals surface area contributed by atoms with Crippen LogP contribution in [0.15, 0.2) is 23.3 Å². The summed E-state index contributed by atoms with van der Waals surface area (Å²) >= 11 is 0. The largest absolute Gasteiger partial charge is 0.362 e. The minimum Gasteiger partial charge on any atom is -0.362 e. The molecule has 1 fully saturated rings. The molecule has 7 nitrogen and oxygen atoms in total. The van der Waals surface area contributed by atoms with Gasteiger partial charge in [-0.2, -0.15) is 0 Å². The second kappa shape index (κ2) is 9.86. The van der Waals surface area contributed by atoms with Gasteiger partial charge in [0.15, 0.2) is 5.96 Å². The zero-order valence-electron chi connectivity index (χ0n) is 15.6. The molecule has 1 aliphatic rings. The van der Waals surface area contributed by atoms with Crippen LogP contribution in [0, 0.1) is 0 Å². The average molecular weight is 346 g/mol. The molecule has 0 aliphatic carbocycles. The molecule has 2 rings (SSSR count). The van der Waals surface area contributed by atoms with Crippen molar-refractivity contribution in [3.63, 3.8) is 0 Å². The maximum absolute atomic E-state index is 11.6. The van der Waals surface area contributed by atoms with Crippen molar-refractivity contribution in [1.29, 1.82) is 0 Å². The topological polar surface area (TPSA) is 72.9 Å². The number of carbonyl (C=O) groups excluding carboxylic acids is 1. The van der Waals surface area contributed by atoms with Crippen LogP contribution in [0.1, 0.15) is 31.7 Å². The van der Waals surface area contributed by atoms with Crippen molar-refractivity contribution in [2.45, 2.75) is 32.7 Å². The number of pyridine rings is 1. The Labute approximate surface area is 150 Å². The molecule has 0 saturated carbocycles. The molecule has 0 bridgehead atoms. The fourth-order valence-corrected chi connectivity index (χ4v) is 2.88. The van der Waals surface area contributed by atoms with Crippen molar-refractivity contribution in [3.05, 3.63) is 23.9 Å². The van der Waals surface area contributed by atoms with E-state index in [1.165, 1.54) is 0 Å². The van der Waals surface area contributed by atoms with Gasteiger partial charge in [-0.3, -0.25) is 4.79 Å². The highest BCUT2D eigenvalue weighted by atomic mass is 16.2. The van der Waals surface area contributed by atoms with Crippen LogP contribution in [0.25, 0.3) is 0 Å². The van der Waals surface area contributed by atoms with Gasteiger partial charge in [-0.25, -0.2) is 9.98 Å². The van der Waals surface area contributed by atoms with Crippen LogP contribution in [0.5, 0.6) is 0 Å². The number of rotatable bonds is 8. The molecule has 7 heteroatoms. The standard InChI is InChI=1S/C18H30N6O/c1-4-19-18(21-11-7-13-24-12-6-9-16(24)25)22-14-15-8-5-10-20-17(15)23(2)3/h5,8,10H,4,6-7,9,11-14H2,1-3H3,(H2,19,21,22). The molecule has 1 aliphatic heterocycles. The monoisotopic (exact) mass is 346 g/mol. The van der Waals surface area contributed by atoms with Crippen LogP contribution in [0.3, 0.4) is 0 Å². The summed E-state index contributed by atoms with van der Waals surface area (Å²) in [6, 6.07) is 3.99. The molecule has 0 spiro atoms. The van der Waals surface area contributed by atoms with Gasteiger partial charge in [-0.1, -0.05) is 6.07 Å². The van der Waals surface area contributed by atoms with Gasteiger partial charge in [0.25, 0.3) is 0 Å². The summed E-state index contributed by atoms with van der Waals surface area (Å²) in [6.45, 7) is 5.95. The molecular weight excluding hydrogens is 316 g/mol. The zero-order chi connectivity index (χ0) is 18.1. The van der Waals surface area contributed by atoms with E-state index in [1.807, 2.05) is 36.0 Å². The molecular formula is C18H30N6O. The highest BCUT2D eigenvalue weighted by Gasteiger charge is 2.18. The summed E-state index contributed by atoms with van der Waals surface area (Å²) in [5, 5.41) is 6.61. The molecule has 1 amide bonds. The van der Waals surface area contributed by atoms with Crippen molar-refractivity contribution >= 4 is 17.7 Å². The number of nitrogens with zero attached hydrogens (tertiary/aromatic N) is 4. The number of guanidine groups is 1. The number of nitrogens with one attached hydrogen (secondary N) is 2. The quantitative estimate of drug-likeness (QED) is 0.421. The first-order chi connectivity index (χ1) is 12.1. The van der Waals surface area contributed by atoms with Crippen LogP contribution in [0.4, 0.5) is 5.82 Å². The Kier molecular flexibility index (Phi) is 7.50. The molecule has 0 atom stereocenters. The number of hydrogen-bond donors (Lipinski definition) is 2. The van der Waals surface area contributed by atoms with Crippen molar-refractivity contribution in [1.82, 2.24) is 20.5 Å². The van der Waals surface area contributed by atoms with Crippen LogP contribution in [0.2, 0.25) is 0 Å². The Balaban J connectivity index is 1.84. The second-order valence-electron chi connectivity index (χ2n) is 6.34. The van der Waals surface area contributed by atoms with E-state index >= 15 is 0 Å². The summed E-state index contributed by atoms with van der Waals surface area (Å²) in [5.74, 6) is 2.02. The Morgan fingerprint density at radius 3 is 2.92 bits per heavy atom. The lowest BCUT2D eigenvalue weighted by Gasteiger charge is -2.17. The summed E-state index contributed by atoms with van der Waals surface area (Å²) in [4.78, 5) is 24.6. The van der Waals surface area contributed by atoms with E-state index in [4.69, 9.17) is 0 Å². The molecule has 0 radical (unpaired) electrons. The fourth-order valence-electron chi connectivity index (χ4n) is 2.88. The maximum atomic E-state index is 11.6. The molecule has 1 saturated heterocycles. The third-order valence-electron chi connectivity index (χ3n) is 4.11. The van der Waals surface area contributed by atoms with Crippen molar-refractivity contribution in [2.75, 3.05) is 45.2 Å². The van der Waals surface area contributed by atoms with Crippen molar-refractivity contribution in [3.8, 4) is 0 Å². The van der Waals surface area contributed by atoms with E-state index < -0.39 is 0 Å². The normalized spacial score (nSPS) is 14.8. The van der Waals surface area contributed by atoms with Crippen LogP contribution >= 0.6 is 0 Å². The molecule has 1 aromatic heterocycles. The first-order valence-electron chi connectivity index (χ1n) is 9.03. The third-order valence-corrected chi connectivity index (χ3v) is 4.11. The second-order valence-corrected chi connectivity index (χ2v) is 6.34. The fraction of sp³-hybridized carbons (Fsp3) is 0.611. The van der Waals surface area contributed by atoms with E-state index in [-0.39, 0.29) is 5.91 Å². The number of amides is 1. The minimum atomic E-state index is 0.286.